The maximum absolute atomic E-state index is 13.1. The number of para-hydroxylation sites is 1. The van der Waals surface area contributed by atoms with Crippen molar-refractivity contribution in [3.05, 3.63) is 100 Å². The van der Waals surface area contributed by atoms with Crippen LogP contribution in [0.1, 0.15) is 78.3 Å². The number of hydrogen-bond donors (Lipinski definition) is 5. The van der Waals surface area contributed by atoms with Gasteiger partial charge in [0.15, 0.2) is 5.82 Å². The van der Waals surface area contributed by atoms with Gasteiger partial charge in [0.1, 0.15) is 16.7 Å². The van der Waals surface area contributed by atoms with Crippen LogP contribution in [0.5, 0.6) is 0 Å². The molecule has 20 heteroatoms. The molecule has 7 amide bonds. The number of imide groups is 1. The number of piperazine rings is 1. The molecule has 2 fully saturated rings. The zero-order valence-corrected chi connectivity index (χ0v) is 40.5. The average molecular weight is 977 g/mol. The van der Waals surface area contributed by atoms with Crippen LogP contribution in [0.2, 0.25) is 5.02 Å². The van der Waals surface area contributed by atoms with Gasteiger partial charge in [0.05, 0.1) is 24.1 Å². The Kier molecular flexibility index (Phi) is 16.8. The summed E-state index contributed by atoms with van der Waals surface area (Å²) in [6, 6.07) is 19.4. The van der Waals surface area contributed by atoms with E-state index in [-0.39, 0.29) is 49.9 Å². The van der Waals surface area contributed by atoms with E-state index in [9.17, 15) is 28.8 Å². The van der Waals surface area contributed by atoms with Crippen molar-refractivity contribution in [3.8, 4) is 11.8 Å². The Labute approximate surface area is 412 Å². The number of hydrogen-bond acceptors (Lipinski definition) is 13. The van der Waals surface area contributed by atoms with Gasteiger partial charge in [-0.05, 0) is 93.8 Å². The number of anilines is 5. The minimum atomic E-state index is -0.688. The predicted octanol–water partition coefficient (Wildman–Crippen LogP) is 5.66. The van der Waals surface area contributed by atoms with Crippen molar-refractivity contribution in [3.63, 3.8) is 0 Å². The van der Waals surface area contributed by atoms with Crippen LogP contribution in [0.4, 0.5) is 38.4 Å². The van der Waals surface area contributed by atoms with Crippen molar-refractivity contribution < 1.29 is 38.2 Å². The predicted molar refractivity (Wildman–Crippen MR) is 264 cm³/mol. The molecule has 368 valence electrons. The van der Waals surface area contributed by atoms with Crippen LogP contribution in [-0.4, -0.2) is 138 Å². The molecule has 3 aliphatic heterocycles. The quantitative estimate of drug-likeness (QED) is 0.0521. The topological polar surface area (TPSA) is 220 Å². The summed E-state index contributed by atoms with van der Waals surface area (Å²) in [7, 11) is 1.57. The minimum absolute atomic E-state index is 0.132. The first-order chi connectivity index (χ1) is 33.6. The summed E-state index contributed by atoms with van der Waals surface area (Å²) in [5.74, 6) is 5.64. The highest BCUT2D eigenvalue weighted by atomic mass is 35.5. The van der Waals surface area contributed by atoms with Crippen LogP contribution < -0.4 is 31.5 Å². The molecule has 0 bridgehead atoms. The Morgan fingerprint density at radius 1 is 0.957 bits per heavy atom. The Hall–Kier alpha value is -7.43. The lowest BCUT2D eigenvalue weighted by Gasteiger charge is -2.36. The molecular weight excluding hydrogens is 918 g/mol. The molecule has 3 aliphatic rings. The van der Waals surface area contributed by atoms with E-state index in [0.29, 0.717) is 104 Å². The van der Waals surface area contributed by atoms with Gasteiger partial charge in [0.25, 0.3) is 11.8 Å². The smallest absolute Gasteiger partial charge is 0.410 e. The first kappa shape index (κ1) is 50.4. The van der Waals surface area contributed by atoms with Crippen molar-refractivity contribution in [2.45, 2.75) is 64.6 Å². The van der Waals surface area contributed by atoms with E-state index in [1.54, 1.807) is 68.0 Å². The number of nitrogens with one attached hydrogen (secondary N) is 5. The van der Waals surface area contributed by atoms with Crippen LogP contribution >= 0.6 is 11.6 Å². The zero-order chi connectivity index (χ0) is 49.8. The fraction of sp³-hybridized carbons (Fsp3) is 0.400. The van der Waals surface area contributed by atoms with Crippen molar-refractivity contribution >= 4 is 76.2 Å². The molecule has 0 aliphatic carbocycles. The van der Waals surface area contributed by atoms with E-state index < -0.39 is 23.6 Å². The first-order valence-corrected chi connectivity index (χ1v) is 23.6. The molecule has 19 nitrogen and oxygen atoms in total. The van der Waals surface area contributed by atoms with E-state index in [2.05, 4.69) is 53.3 Å². The molecular formula is C50H58ClN11O8. The highest BCUT2D eigenvalue weighted by molar-refractivity contribution is 6.33. The van der Waals surface area contributed by atoms with Gasteiger partial charge in [-0.3, -0.25) is 24.5 Å². The standard InChI is InChI=1S/C50H58ClN11O8/c1-50(2,3)70-49(68)61(22-8-7-10-33-13-18-37-34(30-33)32-62(46(37)66)41-19-20-42(63)57-45(41)65)27-29-69-28-9-21-53-48(67)60-25-23-59(24-26-60)36-16-14-35(15-17-36)55-47-54-31-39(51)43(58-47)56-40-12-6-5-11-38(40)44(64)52-4/h5-6,11-18,30-31,41H,8-9,19-29,32H2,1-4H3,(H,52,64)(H,53,67)(H,57,63,65)(H2,54,55,56,58). The number of urea groups is 1. The van der Waals surface area contributed by atoms with Crippen LogP contribution in [0, 0.1) is 11.8 Å². The van der Waals surface area contributed by atoms with Gasteiger partial charge in [-0.25, -0.2) is 14.6 Å². The highest BCUT2D eigenvalue weighted by Crippen LogP contribution is 2.30. The monoisotopic (exact) mass is 975 g/mol. The number of nitrogens with zero attached hydrogens (tertiary/aromatic N) is 6. The number of ether oxygens (including phenoxy) is 2. The van der Waals surface area contributed by atoms with Crippen LogP contribution in [0.25, 0.3) is 0 Å². The number of aromatic nitrogens is 2. The van der Waals surface area contributed by atoms with Gasteiger partial charge in [0, 0.05) is 101 Å². The van der Waals surface area contributed by atoms with E-state index in [1.165, 1.54) is 11.1 Å². The molecule has 0 radical (unpaired) electrons. The highest BCUT2D eigenvalue weighted by Gasteiger charge is 2.39. The molecule has 1 atom stereocenters. The summed E-state index contributed by atoms with van der Waals surface area (Å²) >= 11 is 6.40. The minimum Gasteiger partial charge on any atom is -0.444 e. The number of piperidine rings is 1. The van der Waals surface area contributed by atoms with Crippen molar-refractivity contribution in [2.75, 3.05) is 81.6 Å². The van der Waals surface area contributed by atoms with Crippen molar-refractivity contribution in [2.24, 2.45) is 0 Å². The molecule has 2 saturated heterocycles. The van der Waals surface area contributed by atoms with Gasteiger partial charge < -0.3 is 50.3 Å². The summed E-state index contributed by atoms with van der Waals surface area (Å²) in [5, 5.41) is 14.6. The van der Waals surface area contributed by atoms with Crippen LogP contribution in [0.15, 0.2) is 72.9 Å². The van der Waals surface area contributed by atoms with Gasteiger partial charge >= 0.3 is 12.1 Å². The largest absolute Gasteiger partial charge is 0.444 e. The lowest BCUT2D eigenvalue weighted by molar-refractivity contribution is -0.136. The van der Waals surface area contributed by atoms with Gasteiger partial charge in [0.2, 0.25) is 17.8 Å². The lowest BCUT2D eigenvalue weighted by atomic mass is 10.0. The third kappa shape index (κ3) is 13.4. The molecule has 7 rings (SSSR count). The number of halogens is 1. The second kappa shape index (κ2) is 23.2. The number of amides is 7. The van der Waals surface area contributed by atoms with Crippen LogP contribution in [-0.2, 0) is 25.6 Å². The third-order valence-electron chi connectivity index (χ3n) is 11.6. The molecule has 3 aromatic carbocycles. The van der Waals surface area contributed by atoms with E-state index in [4.69, 9.17) is 21.1 Å². The molecule has 4 heterocycles. The Morgan fingerprint density at radius 3 is 2.47 bits per heavy atom. The average Bonchev–Trinajstić information content (AvgIpc) is 3.66. The summed E-state index contributed by atoms with van der Waals surface area (Å²) < 4.78 is 11.5. The second-order valence-electron chi connectivity index (χ2n) is 17.8. The Balaban J connectivity index is 0.797. The summed E-state index contributed by atoms with van der Waals surface area (Å²) in [6.07, 6.45) is 2.45. The fourth-order valence-electron chi connectivity index (χ4n) is 8.01. The molecule has 70 heavy (non-hydrogen) atoms. The van der Waals surface area contributed by atoms with Gasteiger partial charge in [-0.1, -0.05) is 35.6 Å². The molecule has 1 unspecified atom stereocenters. The van der Waals surface area contributed by atoms with Crippen molar-refractivity contribution in [1.29, 1.82) is 0 Å². The number of rotatable bonds is 16. The SMILES string of the molecule is CNC(=O)c1ccccc1Nc1nc(Nc2ccc(N3CCN(C(=O)NCCCOCCN(CCC#Cc4ccc5c(c4)CN(C4CCC(=O)NC4=O)C5=O)C(=O)OC(C)(C)C)CC3)cc2)ncc1Cl. The molecule has 4 aromatic rings. The molecule has 5 N–H and O–H groups in total. The van der Waals surface area contributed by atoms with E-state index in [0.717, 1.165) is 16.9 Å². The number of benzene rings is 3. The van der Waals surface area contributed by atoms with E-state index in [1.807, 2.05) is 36.4 Å². The number of fused-ring (bicyclic) bond motifs is 1. The number of carbonyl (C=O) groups is 6. The van der Waals surface area contributed by atoms with Gasteiger partial charge in [-0.2, -0.15) is 4.98 Å². The summed E-state index contributed by atoms with van der Waals surface area (Å²) in [5.41, 5.74) is 4.08. The number of carbonyl (C=O) groups excluding carboxylic acids is 6. The summed E-state index contributed by atoms with van der Waals surface area (Å²) in [4.78, 5) is 91.4. The lowest BCUT2D eigenvalue weighted by Crippen LogP contribution is -2.52. The Morgan fingerprint density at radius 2 is 1.73 bits per heavy atom. The molecule has 0 saturated carbocycles. The fourth-order valence-corrected chi connectivity index (χ4v) is 8.14. The van der Waals surface area contributed by atoms with Crippen LogP contribution in [0.3, 0.4) is 0 Å². The summed E-state index contributed by atoms with van der Waals surface area (Å²) in [6.45, 7) is 9.82. The third-order valence-corrected chi connectivity index (χ3v) is 11.9. The zero-order valence-electron chi connectivity index (χ0n) is 39.7. The molecule has 1 aromatic heterocycles. The van der Waals surface area contributed by atoms with E-state index >= 15 is 0 Å². The molecule has 0 spiro atoms. The maximum Gasteiger partial charge on any atom is 0.410 e. The first-order valence-electron chi connectivity index (χ1n) is 23.2. The normalized spacial score (nSPS) is 15.6. The van der Waals surface area contributed by atoms with Gasteiger partial charge in [-0.15, -0.1) is 0 Å². The second-order valence-corrected chi connectivity index (χ2v) is 18.2. The Bertz CT molecular complexity index is 2640. The van der Waals surface area contributed by atoms with Crippen molar-refractivity contribution in [1.82, 2.24) is 40.6 Å². The maximum atomic E-state index is 13.1.